The molecule has 4 rings (SSSR count). The highest BCUT2D eigenvalue weighted by Gasteiger charge is 2.35. The Labute approximate surface area is 155 Å². The first-order chi connectivity index (χ1) is 12.4. The molecule has 0 amide bonds. The summed E-state index contributed by atoms with van der Waals surface area (Å²) in [6.07, 6.45) is 2.84. The van der Waals surface area contributed by atoms with Crippen molar-refractivity contribution in [1.29, 1.82) is 0 Å². The number of nitrogens with zero attached hydrogens (tertiary/aromatic N) is 5. The predicted molar refractivity (Wildman–Crippen MR) is 97.4 cm³/mol. The molecule has 4 heterocycles. The van der Waals surface area contributed by atoms with Crippen LogP contribution in [0.4, 0.5) is 0 Å². The van der Waals surface area contributed by atoms with E-state index in [9.17, 15) is 8.42 Å². The Morgan fingerprint density at radius 1 is 1.00 bits per heavy atom. The molecule has 1 aromatic rings. The fourth-order valence-corrected chi connectivity index (χ4v) is 5.75. The van der Waals surface area contributed by atoms with E-state index < -0.39 is 10.2 Å². The number of rotatable bonds is 4. The van der Waals surface area contributed by atoms with Crippen LogP contribution in [0.1, 0.15) is 29.9 Å². The monoisotopic (exact) mass is 381 g/mol. The van der Waals surface area contributed by atoms with Gasteiger partial charge in [0.05, 0.1) is 0 Å². The van der Waals surface area contributed by atoms with Gasteiger partial charge < -0.3 is 4.74 Å². The summed E-state index contributed by atoms with van der Waals surface area (Å²) in [5.74, 6) is 1.46. The Kier molecular flexibility index (Phi) is 4.89. The summed E-state index contributed by atoms with van der Waals surface area (Å²) in [6, 6.07) is 0. The summed E-state index contributed by atoms with van der Waals surface area (Å²) in [4.78, 5) is 11.1. The van der Waals surface area contributed by atoms with E-state index in [4.69, 9.17) is 4.74 Å². The van der Waals surface area contributed by atoms with Crippen LogP contribution in [0.5, 0.6) is 5.88 Å². The summed E-state index contributed by atoms with van der Waals surface area (Å²) in [7, 11) is -3.28. The molecule has 0 radical (unpaired) electrons. The standard InChI is InChI=1S/C17H27N5O3S/c1-13-16-11-15(25-17(16)19-14(2)18-13)12-20-7-9-22(10-8-20)26(23,24)21-5-3-4-6-21/h15H,3-12H2,1-2H3/t15-/m1/s1. The van der Waals surface area contributed by atoms with Crippen LogP contribution >= 0.6 is 0 Å². The molecule has 144 valence electrons. The molecule has 0 aromatic carbocycles. The van der Waals surface area contributed by atoms with Crippen LogP contribution in [0, 0.1) is 13.8 Å². The number of hydrogen-bond donors (Lipinski definition) is 0. The van der Waals surface area contributed by atoms with Gasteiger partial charge in [-0.25, -0.2) is 4.98 Å². The van der Waals surface area contributed by atoms with E-state index in [1.807, 2.05) is 13.8 Å². The average molecular weight is 382 g/mol. The minimum atomic E-state index is -3.28. The summed E-state index contributed by atoms with van der Waals surface area (Å²) >= 11 is 0. The van der Waals surface area contributed by atoms with Crippen LogP contribution in [0.2, 0.25) is 0 Å². The van der Waals surface area contributed by atoms with Gasteiger partial charge in [0.2, 0.25) is 5.88 Å². The zero-order chi connectivity index (χ0) is 18.3. The molecule has 0 spiro atoms. The van der Waals surface area contributed by atoms with E-state index >= 15 is 0 Å². The van der Waals surface area contributed by atoms with Crippen LogP contribution < -0.4 is 4.74 Å². The molecular weight excluding hydrogens is 354 g/mol. The number of hydrogen-bond acceptors (Lipinski definition) is 6. The van der Waals surface area contributed by atoms with Crippen molar-refractivity contribution >= 4 is 10.2 Å². The van der Waals surface area contributed by atoms with Gasteiger partial charge >= 0.3 is 0 Å². The molecule has 9 heteroatoms. The van der Waals surface area contributed by atoms with Gasteiger partial charge in [0.15, 0.2) is 0 Å². The zero-order valence-electron chi connectivity index (χ0n) is 15.5. The van der Waals surface area contributed by atoms with Crippen LogP contribution in [0.3, 0.4) is 0 Å². The number of aromatic nitrogens is 2. The molecular formula is C17H27N5O3S. The van der Waals surface area contributed by atoms with Crippen LogP contribution in [0.25, 0.3) is 0 Å². The maximum Gasteiger partial charge on any atom is 0.282 e. The van der Waals surface area contributed by atoms with Crippen molar-refractivity contribution < 1.29 is 13.2 Å². The van der Waals surface area contributed by atoms with Gasteiger partial charge in [-0.15, -0.1) is 0 Å². The summed E-state index contributed by atoms with van der Waals surface area (Å²) in [6.45, 7) is 8.59. The molecule has 1 aromatic heterocycles. The van der Waals surface area contributed by atoms with E-state index in [0.717, 1.165) is 61.9 Å². The van der Waals surface area contributed by atoms with Gasteiger partial charge in [-0.1, -0.05) is 0 Å². The molecule has 0 saturated carbocycles. The van der Waals surface area contributed by atoms with Gasteiger partial charge in [0.1, 0.15) is 11.9 Å². The predicted octanol–water partition coefficient (Wildman–Crippen LogP) is 0.355. The van der Waals surface area contributed by atoms with Gasteiger partial charge in [0.25, 0.3) is 10.2 Å². The van der Waals surface area contributed by atoms with E-state index in [1.165, 1.54) is 0 Å². The molecule has 26 heavy (non-hydrogen) atoms. The second kappa shape index (κ2) is 7.03. The fourth-order valence-electron chi connectivity index (χ4n) is 4.08. The van der Waals surface area contributed by atoms with Crippen molar-refractivity contribution in [3.8, 4) is 5.88 Å². The Morgan fingerprint density at radius 2 is 1.65 bits per heavy atom. The molecule has 8 nitrogen and oxygen atoms in total. The zero-order valence-corrected chi connectivity index (χ0v) is 16.3. The molecule has 0 bridgehead atoms. The largest absolute Gasteiger partial charge is 0.472 e. The van der Waals surface area contributed by atoms with Crippen LogP contribution in [0.15, 0.2) is 0 Å². The lowest BCUT2D eigenvalue weighted by Gasteiger charge is -2.36. The quantitative estimate of drug-likeness (QED) is 0.749. The third-order valence-corrected chi connectivity index (χ3v) is 7.54. The summed E-state index contributed by atoms with van der Waals surface area (Å²) in [5, 5.41) is 0. The number of aryl methyl sites for hydroxylation is 2. The molecule has 0 aliphatic carbocycles. The van der Waals surface area contributed by atoms with Crippen molar-refractivity contribution in [2.75, 3.05) is 45.8 Å². The minimum absolute atomic E-state index is 0.0709. The van der Waals surface area contributed by atoms with Crippen molar-refractivity contribution in [3.05, 3.63) is 17.1 Å². The van der Waals surface area contributed by atoms with Gasteiger partial charge in [-0.05, 0) is 26.7 Å². The molecule has 2 saturated heterocycles. The lowest BCUT2D eigenvalue weighted by Crippen LogP contribution is -2.53. The molecule has 2 fully saturated rings. The van der Waals surface area contributed by atoms with Gasteiger partial charge in [-0.2, -0.15) is 22.0 Å². The topological polar surface area (TPSA) is 78.9 Å². The van der Waals surface area contributed by atoms with Crippen molar-refractivity contribution in [1.82, 2.24) is 23.5 Å². The smallest absolute Gasteiger partial charge is 0.282 e. The highest BCUT2D eigenvalue weighted by Crippen LogP contribution is 2.29. The molecule has 3 aliphatic heterocycles. The Balaban J connectivity index is 1.32. The highest BCUT2D eigenvalue weighted by molar-refractivity contribution is 7.86. The van der Waals surface area contributed by atoms with E-state index in [0.29, 0.717) is 26.2 Å². The van der Waals surface area contributed by atoms with Crippen LogP contribution in [-0.4, -0.2) is 83.8 Å². The van der Waals surface area contributed by atoms with Crippen molar-refractivity contribution in [2.45, 2.75) is 39.2 Å². The Hall–Kier alpha value is -1.29. The average Bonchev–Trinajstić information content (AvgIpc) is 3.25. The van der Waals surface area contributed by atoms with Crippen LogP contribution in [-0.2, 0) is 16.6 Å². The SMILES string of the molecule is Cc1nc(C)c2c(n1)O[C@@H](CN1CCN(S(=O)(=O)N3CCCC3)CC1)C2. The minimum Gasteiger partial charge on any atom is -0.472 e. The first kappa shape index (κ1) is 18.1. The molecule has 3 aliphatic rings. The number of fused-ring (bicyclic) bond motifs is 1. The lowest BCUT2D eigenvalue weighted by molar-refractivity contribution is 0.116. The second-order valence-corrected chi connectivity index (χ2v) is 9.33. The number of ether oxygens (including phenoxy) is 1. The second-order valence-electron chi connectivity index (χ2n) is 7.40. The normalized spacial score (nSPS) is 25.4. The maximum atomic E-state index is 12.7. The van der Waals surface area contributed by atoms with E-state index in [-0.39, 0.29) is 6.10 Å². The Morgan fingerprint density at radius 3 is 2.35 bits per heavy atom. The lowest BCUT2D eigenvalue weighted by atomic mass is 10.1. The van der Waals surface area contributed by atoms with Gasteiger partial charge in [-0.3, -0.25) is 4.90 Å². The van der Waals surface area contributed by atoms with E-state index in [1.54, 1.807) is 8.61 Å². The third-order valence-electron chi connectivity index (χ3n) is 5.51. The fraction of sp³-hybridized carbons (Fsp3) is 0.765. The summed E-state index contributed by atoms with van der Waals surface area (Å²) < 4.78 is 34.6. The van der Waals surface area contributed by atoms with E-state index in [2.05, 4.69) is 14.9 Å². The first-order valence-electron chi connectivity index (χ1n) is 9.42. The first-order valence-corrected chi connectivity index (χ1v) is 10.8. The molecule has 0 N–H and O–H groups in total. The highest BCUT2D eigenvalue weighted by atomic mass is 32.2. The molecule has 1 atom stereocenters. The third kappa shape index (κ3) is 3.45. The maximum absolute atomic E-state index is 12.7. The summed E-state index contributed by atoms with van der Waals surface area (Å²) in [5.41, 5.74) is 2.10. The Bertz CT molecular complexity index is 771. The van der Waals surface area contributed by atoms with Crippen molar-refractivity contribution in [3.63, 3.8) is 0 Å². The molecule has 0 unspecified atom stereocenters. The van der Waals surface area contributed by atoms with Crippen molar-refractivity contribution in [2.24, 2.45) is 0 Å². The van der Waals surface area contributed by atoms with Gasteiger partial charge in [0, 0.05) is 63.5 Å². The number of piperazine rings is 1.